The van der Waals surface area contributed by atoms with Gasteiger partial charge in [-0.15, -0.1) is 0 Å². The van der Waals surface area contributed by atoms with E-state index < -0.39 is 4.92 Å². The highest BCUT2D eigenvalue weighted by Crippen LogP contribution is 2.33. The maximum absolute atomic E-state index is 12.8. The monoisotopic (exact) mass is 340 g/mol. The van der Waals surface area contributed by atoms with Crippen molar-refractivity contribution in [2.24, 2.45) is 11.7 Å². The van der Waals surface area contributed by atoms with E-state index in [1.165, 1.54) is 18.2 Å². The van der Waals surface area contributed by atoms with Crippen LogP contribution in [-0.2, 0) is 0 Å². The summed E-state index contributed by atoms with van der Waals surface area (Å²) in [6, 6.07) is 14.1. The topological polar surface area (TPSA) is 115 Å². The number of nitrogen functional groups attached to an aromatic ring is 1. The first-order valence-electron chi connectivity index (χ1n) is 8.09. The van der Waals surface area contributed by atoms with Crippen molar-refractivity contribution in [1.82, 2.24) is 4.90 Å². The predicted octanol–water partition coefficient (Wildman–Crippen LogP) is 1.99. The average Bonchev–Trinajstić information content (AvgIpc) is 3.06. The molecule has 1 fully saturated rings. The van der Waals surface area contributed by atoms with Gasteiger partial charge in [-0.05, 0) is 30.2 Å². The van der Waals surface area contributed by atoms with E-state index in [0.29, 0.717) is 19.6 Å². The molecule has 1 amide bonds. The molecule has 7 heteroatoms. The molecule has 4 N–H and O–H groups in total. The van der Waals surface area contributed by atoms with Crippen molar-refractivity contribution in [3.63, 3.8) is 0 Å². The van der Waals surface area contributed by atoms with E-state index in [4.69, 9.17) is 11.5 Å². The van der Waals surface area contributed by atoms with E-state index in [2.05, 4.69) is 0 Å². The summed E-state index contributed by atoms with van der Waals surface area (Å²) in [4.78, 5) is 25.0. The molecule has 1 saturated heterocycles. The lowest BCUT2D eigenvalue weighted by Gasteiger charge is -2.17. The van der Waals surface area contributed by atoms with Gasteiger partial charge in [0.05, 0.1) is 4.92 Å². The first-order chi connectivity index (χ1) is 12.0. The zero-order valence-corrected chi connectivity index (χ0v) is 13.7. The maximum Gasteiger partial charge on any atom is 0.292 e. The minimum Gasteiger partial charge on any atom is -0.393 e. The molecule has 2 aromatic carbocycles. The van der Waals surface area contributed by atoms with E-state index in [-0.39, 0.29) is 34.7 Å². The third kappa shape index (κ3) is 3.32. The Balaban J connectivity index is 1.84. The number of likely N-dealkylation sites (tertiary alicyclic amines) is 1. The molecule has 7 nitrogen and oxygen atoms in total. The van der Waals surface area contributed by atoms with Crippen LogP contribution in [-0.4, -0.2) is 35.4 Å². The summed E-state index contributed by atoms with van der Waals surface area (Å²) in [6.45, 7) is 1.56. The van der Waals surface area contributed by atoms with Gasteiger partial charge < -0.3 is 16.4 Å². The fourth-order valence-electron chi connectivity index (χ4n) is 3.37. The van der Waals surface area contributed by atoms with Crippen LogP contribution in [0.4, 0.5) is 11.4 Å². The lowest BCUT2D eigenvalue weighted by Crippen LogP contribution is -2.29. The zero-order chi connectivity index (χ0) is 18.0. The number of hydrogen-bond donors (Lipinski definition) is 2. The molecule has 3 rings (SSSR count). The molecular weight excluding hydrogens is 320 g/mol. The highest BCUT2D eigenvalue weighted by atomic mass is 16.6. The van der Waals surface area contributed by atoms with Crippen molar-refractivity contribution in [2.75, 3.05) is 25.4 Å². The van der Waals surface area contributed by atoms with E-state index in [1.54, 1.807) is 4.90 Å². The van der Waals surface area contributed by atoms with Crippen LogP contribution in [0.25, 0.3) is 0 Å². The second-order valence-corrected chi connectivity index (χ2v) is 6.25. The van der Waals surface area contributed by atoms with E-state index in [9.17, 15) is 14.9 Å². The summed E-state index contributed by atoms with van der Waals surface area (Å²) in [7, 11) is 0. The standard InChI is InChI=1S/C18H20N4O3/c19-9-14-10-21(11-15(14)12-4-2-1-3-5-12)18(23)13-6-7-16(20)17(8-13)22(24)25/h1-8,14-15H,9-11,19-20H2/t14-,15+/m1/s1. The lowest BCUT2D eigenvalue weighted by molar-refractivity contribution is -0.383. The Morgan fingerprint density at radius 3 is 2.56 bits per heavy atom. The Morgan fingerprint density at radius 2 is 1.92 bits per heavy atom. The Morgan fingerprint density at radius 1 is 1.20 bits per heavy atom. The van der Waals surface area contributed by atoms with Crippen molar-refractivity contribution in [1.29, 1.82) is 0 Å². The van der Waals surface area contributed by atoms with Crippen molar-refractivity contribution in [3.05, 3.63) is 69.8 Å². The minimum absolute atomic E-state index is 0.0463. The number of hydrogen-bond acceptors (Lipinski definition) is 5. The van der Waals surface area contributed by atoms with E-state index in [1.807, 2.05) is 30.3 Å². The zero-order valence-electron chi connectivity index (χ0n) is 13.7. The molecule has 2 atom stereocenters. The van der Waals surface area contributed by atoms with Gasteiger partial charge in [0, 0.05) is 30.6 Å². The molecular formula is C18H20N4O3. The number of rotatable bonds is 4. The summed E-state index contributed by atoms with van der Waals surface area (Å²) in [6.07, 6.45) is 0. The van der Waals surface area contributed by atoms with Crippen LogP contribution < -0.4 is 11.5 Å². The van der Waals surface area contributed by atoms with Crippen LogP contribution in [0.15, 0.2) is 48.5 Å². The highest BCUT2D eigenvalue weighted by Gasteiger charge is 2.35. The quantitative estimate of drug-likeness (QED) is 0.502. The van der Waals surface area contributed by atoms with Gasteiger partial charge in [-0.1, -0.05) is 30.3 Å². The Kier molecular flexibility index (Phi) is 4.67. The molecule has 0 bridgehead atoms. The smallest absolute Gasteiger partial charge is 0.292 e. The minimum atomic E-state index is -0.578. The molecule has 2 aromatic rings. The summed E-state index contributed by atoms with van der Waals surface area (Å²) in [5, 5.41) is 11.0. The van der Waals surface area contributed by atoms with Gasteiger partial charge in [0.1, 0.15) is 5.69 Å². The molecule has 0 aromatic heterocycles. The fraction of sp³-hybridized carbons (Fsp3) is 0.278. The molecule has 1 aliphatic heterocycles. The molecule has 0 saturated carbocycles. The third-order valence-corrected chi connectivity index (χ3v) is 4.73. The summed E-state index contributed by atoms with van der Waals surface area (Å²) >= 11 is 0. The number of benzene rings is 2. The van der Waals surface area contributed by atoms with E-state index in [0.717, 1.165) is 5.56 Å². The number of nitrogens with zero attached hydrogens (tertiary/aromatic N) is 2. The Hall–Kier alpha value is -2.93. The van der Waals surface area contributed by atoms with Gasteiger partial charge in [-0.25, -0.2) is 0 Å². The number of anilines is 1. The number of carbonyl (C=O) groups is 1. The average molecular weight is 340 g/mol. The third-order valence-electron chi connectivity index (χ3n) is 4.73. The fourth-order valence-corrected chi connectivity index (χ4v) is 3.37. The SMILES string of the molecule is NC[C@@H]1CN(C(=O)c2ccc(N)c([N+](=O)[O-])c2)C[C@H]1c1ccccc1. The predicted molar refractivity (Wildman–Crippen MR) is 95.1 cm³/mol. The second kappa shape index (κ2) is 6.90. The van der Waals surface area contributed by atoms with Crippen LogP contribution in [0.5, 0.6) is 0 Å². The Labute approximate surface area is 145 Å². The number of carbonyl (C=O) groups excluding carboxylic acids is 1. The van der Waals surface area contributed by atoms with Gasteiger partial charge in [0.2, 0.25) is 0 Å². The summed E-state index contributed by atoms with van der Waals surface area (Å²) < 4.78 is 0. The molecule has 25 heavy (non-hydrogen) atoms. The Bertz CT molecular complexity index is 794. The molecule has 130 valence electrons. The normalized spacial score (nSPS) is 19.8. The molecule has 0 unspecified atom stereocenters. The number of amides is 1. The number of nitro benzene ring substituents is 1. The first kappa shape index (κ1) is 16.9. The molecule has 0 spiro atoms. The van der Waals surface area contributed by atoms with Crippen molar-refractivity contribution < 1.29 is 9.72 Å². The van der Waals surface area contributed by atoms with Gasteiger partial charge in [0.15, 0.2) is 0 Å². The van der Waals surface area contributed by atoms with Gasteiger partial charge in [-0.2, -0.15) is 0 Å². The van der Waals surface area contributed by atoms with Gasteiger partial charge in [0.25, 0.3) is 11.6 Å². The lowest BCUT2D eigenvalue weighted by atomic mass is 9.89. The number of nitrogens with two attached hydrogens (primary N) is 2. The molecule has 1 aliphatic rings. The van der Waals surface area contributed by atoms with Crippen LogP contribution in [0.1, 0.15) is 21.8 Å². The van der Waals surface area contributed by atoms with Crippen LogP contribution in [0, 0.1) is 16.0 Å². The van der Waals surface area contributed by atoms with E-state index >= 15 is 0 Å². The number of nitro groups is 1. The van der Waals surface area contributed by atoms with Crippen LogP contribution in [0.3, 0.4) is 0 Å². The summed E-state index contributed by atoms with van der Waals surface area (Å²) in [5.74, 6) is 0.0917. The molecule has 1 heterocycles. The van der Waals surface area contributed by atoms with Crippen molar-refractivity contribution >= 4 is 17.3 Å². The molecule has 0 aliphatic carbocycles. The van der Waals surface area contributed by atoms with Crippen LogP contribution in [0.2, 0.25) is 0 Å². The maximum atomic E-state index is 12.8. The largest absolute Gasteiger partial charge is 0.393 e. The second-order valence-electron chi connectivity index (χ2n) is 6.25. The first-order valence-corrected chi connectivity index (χ1v) is 8.09. The van der Waals surface area contributed by atoms with Crippen molar-refractivity contribution in [3.8, 4) is 0 Å². The highest BCUT2D eigenvalue weighted by molar-refractivity contribution is 5.96. The molecule has 0 radical (unpaired) electrons. The summed E-state index contributed by atoms with van der Waals surface area (Å²) in [5.41, 5.74) is 12.7. The van der Waals surface area contributed by atoms with Crippen LogP contribution >= 0.6 is 0 Å². The van der Waals surface area contributed by atoms with Crippen molar-refractivity contribution in [2.45, 2.75) is 5.92 Å². The van der Waals surface area contributed by atoms with Gasteiger partial charge >= 0.3 is 0 Å². The van der Waals surface area contributed by atoms with Gasteiger partial charge in [-0.3, -0.25) is 14.9 Å².